The summed E-state index contributed by atoms with van der Waals surface area (Å²) in [7, 11) is 0. The van der Waals surface area contributed by atoms with Gasteiger partial charge in [0.15, 0.2) is 5.78 Å². The summed E-state index contributed by atoms with van der Waals surface area (Å²) in [6.07, 6.45) is -4.69. The van der Waals surface area contributed by atoms with Gasteiger partial charge in [-0.25, -0.2) is 0 Å². The Morgan fingerprint density at radius 1 is 1.09 bits per heavy atom. The Labute approximate surface area is 133 Å². The standard InChI is InChI=1S/C15H12F3NO3S/c16-15(17,18)22-11-5-3-10(4-6-11)19-14(21)8-7-12(20)13-2-1-9-23-13/h1-6,9H,7-8H2,(H,19,21). The van der Waals surface area contributed by atoms with E-state index in [4.69, 9.17) is 0 Å². The van der Waals surface area contributed by atoms with E-state index in [0.29, 0.717) is 10.6 Å². The Hall–Kier alpha value is -2.35. The topological polar surface area (TPSA) is 55.4 Å². The second kappa shape index (κ2) is 7.28. The second-order valence-electron chi connectivity index (χ2n) is 4.52. The molecule has 8 heteroatoms. The number of benzene rings is 1. The van der Waals surface area contributed by atoms with Crippen LogP contribution in [0, 0.1) is 0 Å². The zero-order chi connectivity index (χ0) is 16.9. The number of ether oxygens (including phenoxy) is 1. The Morgan fingerprint density at radius 3 is 2.35 bits per heavy atom. The van der Waals surface area contributed by atoms with Crippen molar-refractivity contribution >= 4 is 28.7 Å². The molecule has 1 heterocycles. The minimum atomic E-state index is -4.76. The molecule has 4 nitrogen and oxygen atoms in total. The molecule has 0 aliphatic rings. The number of rotatable bonds is 6. The van der Waals surface area contributed by atoms with E-state index < -0.39 is 6.36 Å². The molecule has 2 aromatic rings. The molecule has 0 spiro atoms. The highest BCUT2D eigenvalue weighted by Crippen LogP contribution is 2.24. The Kier molecular flexibility index (Phi) is 5.38. The van der Waals surface area contributed by atoms with Crippen molar-refractivity contribution in [2.24, 2.45) is 0 Å². The van der Waals surface area contributed by atoms with Gasteiger partial charge in [0.1, 0.15) is 5.75 Å². The first-order chi connectivity index (χ1) is 10.8. The number of thiophene rings is 1. The van der Waals surface area contributed by atoms with Gasteiger partial charge in [-0.2, -0.15) is 0 Å². The molecule has 0 radical (unpaired) electrons. The van der Waals surface area contributed by atoms with Gasteiger partial charge in [0, 0.05) is 18.5 Å². The molecule has 2 rings (SSSR count). The van der Waals surface area contributed by atoms with E-state index in [1.54, 1.807) is 17.5 Å². The fraction of sp³-hybridized carbons (Fsp3) is 0.200. The number of alkyl halides is 3. The molecular weight excluding hydrogens is 331 g/mol. The van der Waals surface area contributed by atoms with Crippen molar-refractivity contribution in [2.75, 3.05) is 5.32 Å². The highest BCUT2D eigenvalue weighted by Gasteiger charge is 2.30. The lowest BCUT2D eigenvalue weighted by atomic mass is 10.2. The molecule has 0 unspecified atom stereocenters. The predicted octanol–water partition coefficient (Wildman–Crippen LogP) is 4.25. The predicted molar refractivity (Wildman–Crippen MR) is 79.6 cm³/mol. The Bertz CT molecular complexity index is 666. The number of nitrogens with one attached hydrogen (secondary N) is 1. The third-order valence-electron chi connectivity index (χ3n) is 2.75. The maximum atomic E-state index is 12.0. The summed E-state index contributed by atoms with van der Waals surface area (Å²) in [5.74, 6) is -0.883. The highest BCUT2D eigenvalue weighted by atomic mass is 32.1. The first-order valence-electron chi connectivity index (χ1n) is 6.56. The van der Waals surface area contributed by atoms with Gasteiger partial charge in [-0.1, -0.05) is 6.07 Å². The average Bonchev–Trinajstić information content (AvgIpc) is 2.99. The van der Waals surface area contributed by atoms with E-state index in [2.05, 4.69) is 10.1 Å². The van der Waals surface area contributed by atoms with Gasteiger partial charge in [-0.3, -0.25) is 9.59 Å². The van der Waals surface area contributed by atoms with Crippen molar-refractivity contribution < 1.29 is 27.5 Å². The number of halogens is 3. The number of carbonyl (C=O) groups excluding carboxylic acids is 2. The molecule has 0 bridgehead atoms. The van der Waals surface area contributed by atoms with Gasteiger partial charge in [-0.05, 0) is 35.7 Å². The molecule has 23 heavy (non-hydrogen) atoms. The summed E-state index contributed by atoms with van der Waals surface area (Å²) >= 11 is 1.31. The summed E-state index contributed by atoms with van der Waals surface area (Å²) in [6, 6.07) is 8.22. The number of anilines is 1. The third-order valence-corrected chi connectivity index (χ3v) is 3.66. The lowest BCUT2D eigenvalue weighted by Crippen LogP contribution is -2.17. The third kappa shape index (κ3) is 5.74. The molecule has 1 aromatic heterocycles. The van der Waals surface area contributed by atoms with E-state index in [1.807, 2.05) is 0 Å². The molecular formula is C15H12F3NO3S. The van der Waals surface area contributed by atoms with Crippen molar-refractivity contribution in [1.82, 2.24) is 0 Å². The molecule has 0 aliphatic carbocycles. The fourth-order valence-electron chi connectivity index (χ4n) is 1.75. The minimum absolute atomic E-state index is 0.00244. The number of Topliss-reactive ketones (excluding diaryl/α,β-unsaturated/α-hetero) is 1. The molecule has 0 atom stereocenters. The zero-order valence-corrected chi connectivity index (χ0v) is 12.5. The van der Waals surface area contributed by atoms with Gasteiger partial charge >= 0.3 is 6.36 Å². The summed E-state index contributed by atoms with van der Waals surface area (Å²) in [5, 5.41) is 4.28. The van der Waals surface area contributed by atoms with Gasteiger partial charge in [0.05, 0.1) is 4.88 Å². The molecule has 122 valence electrons. The maximum absolute atomic E-state index is 12.0. The first-order valence-corrected chi connectivity index (χ1v) is 7.44. The van der Waals surface area contributed by atoms with E-state index in [1.165, 1.54) is 23.5 Å². The number of hydrogen-bond donors (Lipinski definition) is 1. The Balaban J connectivity index is 1.82. The summed E-state index contributed by atoms with van der Waals surface area (Å²) < 4.78 is 39.8. The SMILES string of the molecule is O=C(CCC(=O)c1cccs1)Nc1ccc(OC(F)(F)F)cc1. The Morgan fingerprint density at radius 2 is 1.78 bits per heavy atom. The van der Waals surface area contributed by atoms with Crippen molar-refractivity contribution in [2.45, 2.75) is 19.2 Å². The van der Waals surface area contributed by atoms with Crippen LogP contribution in [-0.2, 0) is 4.79 Å². The zero-order valence-electron chi connectivity index (χ0n) is 11.7. The smallest absolute Gasteiger partial charge is 0.406 e. The van der Waals surface area contributed by atoms with Gasteiger partial charge in [0.2, 0.25) is 5.91 Å². The van der Waals surface area contributed by atoms with Crippen LogP contribution in [0.15, 0.2) is 41.8 Å². The van der Waals surface area contributed by atoms with Crippen LogP contribution in [0.5, 0.6) is 5.75 Å². The lowest BCUT2D eigenvalue weighted by Gasteiger charge is -2.09. The van der Waals surface area contributed by atoms with Gasteiger partial charge in [-0.15, -0.1) is 24.5 Å². The maximum Gasteiger partial charge on any atom is 0.573 e. The van der Waals surface area contributed by atoms with Gasteiger partial charge in [0.25, 0.3) is 0 Å². The lowest BCUT2D eigenvalue weighted by molar-refractivity contribution is -0.274. The van der Waals surface area contributed by atoms with Crippen LogP contribution in [-0.4, -0.2) is 18.1 Å². The van der Waals surface area contributed by atoms with Crippen LogP contribution in [0.3, 0.4) is 0 Å². The van der Waals surface area contributed by atoms with Crippen LogP contribution in [0.4, 0.5) is 18.9 Å². The minimum Gasteiger partial charge on any atom is -0.406 e. The molecule has 0 fully saturated rings. The van der Waals surface area contributed by atoms with Crippen molar-refractivity contribution in [3.05, 3.63) is 46.7 Å². The molecule has 0 saturated carbocycles. The van der Waals surface area contributed by atoms with Crippen molar-refractivity contribution in [3.8, 4) is 5.75 Å². The van der Waals surface area contributed by atoms with Crippen molar-refractivity contribution in [3.63, 3.8) is 0 Å². The molecule has 0 aliphatic heterocycles. The average molecular weight is 343 g/mol. The first kappa shape index (κ1) is 17.0. The molecule has 1 aromatic carbocycles. The molecule has 1 N–H and O–H groups in total. The number of ketones is 1. The quantitative estimate of drug-likeness (QED) is 0.798. The number of carbonyl (C=O) groups is 2. The summed E-state index contributed by atoms with van der Waals surface area (Å²) in [6.45, 7) is 0. The normalized spacial score (nSPS) is 11.1. The summed E-state index contributed by atoms with van der Waals surface area (Å²) in [4.78, 5) is 24.1. The highest BCUT2D eigenvalue weighted by molar-refractivity contribution is 7.12. The summed E-state index contributed by atoms with van der Waals surface area (Å²) in [5.41, 5.74) is 0.327. The van der Waals surface area contributed by atoms with Crippen LogP contribution in [0.25, 0.3) is 0 Å². The number of hydrogen-bond acceptors (Lipinski definition) is 4. The van der Waals surface area contributed by atoms with Crippen LogP contribution < -0.4 is 10.1 Å². The molecule has 0 saturated heterocycles. The van der Waals surface area contributed by atoms with E-state index >= 15 is 0 Å². The van der Waals surface area contributed by atoms with E-state index in [0.717, 1.165) is 12.1 Å². The number of amides is 1. The van der Waals surface area contributed by atoms with Crippen LogP contribution in [0.1, 0.15) is 22.5 Å². The van der Waals surface area contributed by atoms with Crippen LogP contribution in [0.2, 0.25) is 0 Å². The monoisotopic (exact) mass is 343 g/mol. The second-order valence-corrected chi connectivity index (χ2v) is 5.47. The molecule has 1 amide bonds. The fourth-order valence-corrected chi connectivity index (χ4v) is 2.45. The van der Waals surface area contributed by atoms with E-state index in [-0.39, 0.29) is 30.3 Å². The van der Waals surface area contributed by atoms with Crippen molar-refractivity contribution in [1.29, 1.82) is 0 Å². The van der Waals surface area contributed by atoms with Crippen LogP contribution >= 0.6 is 11.3 Å². The van der Waals surface area contributed by atoms with Gasteiger partial charge < -0.3 is 10.1 Å². The largest absolute Gasteiger partial charge is 0.573 e. The van der Waals surface area contributed by atoms with E-state index in [9.17, 15) is 22.8 Å².